The fraction of sp³-hybridized carbons (Fsp3) is 0.182. The van der Waals surface area contributed by atoms with Crippen LogP contribution in [-0.2, 0) is 19.6 Å². The van der Waals surface area contributed by atoms with Crippen LogP contribution in [0.15, 0.2) is 72.8 Å². The Kier molecular flexibility index (Phi) is 6.96. The first-order chi connectivity index (χ1) is 12.7. The zero-order valence-electron chi connectivity index (χ0n) is 14.4. The molecule has 2 nitrogen and oxygen atoms in total. The molecule has 0 fully saturated rings. The molecule has 3 aromatic carbocycles. The molecule has 0 spiro atoms. The largest absolute Gasteiger partial charge is 0.489 e. The van der Waals surface area contributed by atoms with Gasteiger partial charge in [0.05, 0.1) is 0 Å². The zero-order valence-corrected chi connectivity index (χ0v) is 15.9. The molecule has 0 amide bonds. The topological polar surface area (TPSA) is 21.3 Å². The van der Waals surface area contributed by atoms with Crippen molar-refractivity contribution in [2.75, 3.05) is 6.54 Å². The van der Waals surface area contributed by atoms with E-state index < -0.39 is 0 Å². The van der Waals surface area contributed by atoms with Gasteiger partial charge in [0.1, 0.15) is 12.4 Å². The van der Waals surface area contributed by atoms with Gasteiger partial charge < -0.3 is 10.1 Å². The summed E-state index contributed by atoms with van der Waals surface area (Å²) in [6.45, 7) is 2.25. The molecule has 1 N–H and O–H groups in total. The number of benzene rings is 3. The Morgan fingerprint density at radius 2 is 1.58 bits per heavy atom. The van der Waals surface area contributed by atoms with Crippen molar-refractivity contribution in [1.82, 2.24) is 5.32 Å². The molecule has 26 heavy (non-hydrogen) atoms. The predicted molar refractivity (Wildman–Crippen MR) is 109 cm³/mol. The third kappa shape index (κ3) is 5.77. The molecular weight excluding hydrogens is 365 g/mol. The van der Waals surface area contributed by atoms with Crippen LogP contribution in [-0.4, -0.2) is 6.54 Å². The summed E-state index contributed by atoms with van der Waals surface area (Å²) >= 11 is 12.1. The fourth-order valence-electron chi connectivity index (χ4n) is 2.62. The van der Waals surface area contributed by atoms with Crippen molar-refractivity contribution in [1.29, 1.82) is 0 Å². The van der Waals surface area contributed by atoms with Crippen LogP contribution >= 0.6 is 23.2 Å². The second kappa shape index (κ2) is 9.63. The molecule has 0 heterocycles. The Morgan fingerprint density at radius 3 is 2.31 bits per heavy atom. The van der Waals surface area contributed by atoms with Crippen molar-refractivity contribution < 1.29 is 4.74 Å². The van der Waals surface area contributed by atoms with Gasteiger partial charge in [0.2, 0.25) is 0 Å². The molecule has 3 aromatic rings. The molecule has 4 heteroatoms. The molecule has 0 aliphatic carbocycles. The summed E-state index contributed by atoms with van der Waals surface area (Å²) in [5.41, 5.74) is 3.49. The molecule has 0 aliphatic heterocycles. The van der Waals surface area contributed by atoms with Crippen LogP contribution in [0.3, 0.4) is 0 Å². The van der Waals surface area contributed by atoms with Gasteiger partial charge in [-0.3, -0.25) is 0 Å². The summed E-state index contributed by atoms with van der Waals surface area (Å²) in [7, 11) is 0. The minimum Gasteiger partial charge on any atom is -0.489 e. The fourth-order valence-corrected chi connectivity index (χ4v) is 3.13. The van der Waals surface area contributed by atoms with Crippen molar-refractivity contribution in [3.05, 3.63) is 99.5 Å². The second-order valence-electron chi connectivity index (χ2n) is 6.08. The van der Waals surface area contributed by atoms with E-state index in [4.69, 9.17) is 27.9 Å². The Labute approximate surface area is 164 Å². The highest BCUT2D eigenvalue weighted by atomic mass is 35.5. The van der Waals surface area contributed by atoms with Gasteiger partial charge in [-0.25, -0.2) is 0 Å². The van der Waals surface area contributed by atoms with Crippen LogP contribution in [0.4, 0.5) is 0 Å². The summed E-state index contributed by atoms with van der Waals surface area (Å²) < 4.78 is 5.81. The monoisotopic (exact) mass is 385 g/mol. The summed E-state index contributed by atoms with van der Waals surface area (Å²) in [5.74, 6) is 0.880. The van der Waals surface area contributed by atoms with Crippen molar-refractivity contribution in [2.45, 2.75) is 19.6 Å². The van der Waals surface area contributed by atoms with Crippen molar-refractivity contribution in [3.63, 3.8) is 0 Å². The lowest BCUT2D eigenvalue weighted by Crippen LogP contribution is -2.16. The van der Waals surface area contributed by atoms with E-state index in [0.29, 0.717) is 11.6 Å². The van der Waals surface area contributed by atoms with Crippen molar-refractivity contribution >= 4 is 23.2 Å². The Balaban J connectivity index is 1.41. The normalized spacial score (nSPS) is 10.7. The molecule has 0 saturated carbocycles. The molecule has 0 saturated heterocycles. The SMILES string of the molecule is Clc1ccc(CCNCc2ccc(OCc3ccccc3)cc2)c(Cl)c1. The van der Waals surface area contributed by atoms with Crippen LogP contribution in [0.25, 0.3) is 0 Å². The van der Waals surface area contributed by atoms with Crippen molar-refractivity contribution in [2.24, 2.45) is 0 Å². The van der Waals surface area contributed by atoms with E-state index in [2.05, 4.69) is 29.6 Å². The lowest BCUT2D eigenvalue weighted by atomic mass is 10.1. The van der Waals surface area contributed by atoms with E-state index in [1.54, 1.807) is 6.07 Å². The van der Waals surface area contributed by atoms with E-state index in [9.17, 15) is 0 Å². The number of halogens is 2. The van der Waals surface area contributed by atoms with E-state index >= 15 is 0 Å². The van der Waals surface area contributed by atoms with Crippen LogP contribution in [0, 0.1) is 0 Å². The van der Waals surface area contributed by atoms with Crippen molar-refractivity contribution in [3.8, 4) is 5.75 Å². The number of nitrogens with one attached hydrogen (secondary N) is 1. The maximum absolute atomic E-state index is 6.19. The Morgan fingerprint density at radius 1 is 0.808 bits per heavy atom. The van der Waals surface area contributed by atoms with Crippen LogP contribution in [0.5, 0.6) is 5.75 Å². The van der Waals surface area contributed by atoms with E-state index in [1.807, 2.05) is 42.5 Å². The van der Waals surface area contributed by atoms with Gasteiger partial charge in [-0.15, -0.1) is 0 Å². The minimum atomic E-state index is 0.584. The van der Waals surface area contributed by atoms with Gasteiger partial charge in [-0.1, -0.05) is 71.7 Å². The molecule has 134 valence electrons. The maximum atomic E-state index is 6.19. The van der Waals surface area contributed by atoms with Gasteiger partial charge in [0, 0.05) is 16.6 Å². The van der Waals surface area contributed by atoms with Gasteiger partial charge in [0.25, 0.3) is 0 Å². The predicted octanol–water partition coefficient (Wildman–Crippen LogP) is 5.90. The third-order valence-electron chi connectivity index (χ3n) is 4.09. The smallest absolute Gasteiger partial charge is 0.119 e. The summed E-state index contributed by atoms with van der Waals surface area (Å²) in [6.07, 6.45) is 0.869. The van der Waals surface area contributed by atoms with Gasteiger partial charge in [-0.2, -0.15) is 0 Å². The highest BCUT2D eigenvalue weighted by Gasteiger charge is 2.01. The first kappa shape index (κ1) is 18.8. The number of hydrogen-bond acceptors (Lipinski definition) is 2. The third-order valence-corrected chi connectivity index (χ3v) is 4.67. The molecule has 0 aromatic heterocycles. The summed E-state index contributed by atoms with van der Waals surface area (Å²) in [6, 6.07) is 24.0. The number of rotatable bonds is 8. The molecule has 0 bridgehead atoms. The van der Waals surface area contributed by atoms with Gasteiger partial charge >= 0.3 is 0 Å². The van der Waals surface area contributed by atoms with Crippen LogP contribution in [0.1, 0.15) is 16.7 Å². The van der Waals surface area contributed by atoms with Crippen LogP contribution in [0.2, 0.25) is 10.0 Å². The number of ether oxygens (including phenoxy) is 1. The lowest BCUT2D eigenvalue weighted by Gasteiger charge is -2.09. The standard InChI is InChI=1S/C22H21Cl2NO/c23-20-9-8-19(22(24)14-20)12-13-25-15-17-6-10-21(11-7-17)26-16-18-4-2-1-3-5-18/h1-11,14,25H,12-13,15-16H2. The average Bonchev–Trinajstić information content (AvgIpc) is 2.67. The summed E-state index contributed by atoms with van der Waals surface area (Å²) in [5, 5.41) is 4.83. The molecule has 3 rings (SSSR count). The molecule has 0 unspecified atom stereocenters. The lowest BCUT2D eigenvalue weighted by molar-refractivity contribution is 0.306. The molecule has 0 atom stereocenters. The number of hydrogen-bond donors (Lipinski definition) is 1. The average molecular weight is 386 g/mol. The summed E-state index contributed by atoms with van der Waals surface area (Å²) in [4.78, 5) is 0. The molecule has 0 radical (unpaired) electrons. The van der Waals surface area contributed by atoms with E-state index in [0.717, 1.165) is 35.8 Å². The zero-order chi connectivity index (χ0) is 18.2. The minimum absolute atomic E-state index is 0.584. The maximum Gasteiger partial charge on any atom is 0.119 e. The second-order valence-corrected chi connectivity index (χ2v) is 6.92. The molecule has 0 aliphatic rings. The Bertz CT molecular complexity index is 819. The van der Waals surface area contributed by atoms with Gasteiger partial charge in [0.15, 0.2) is 0 Å². The highest BCUT2D eigenvalue weighted by Crippen LogP contribution is 2.21. The Hall–Kier alpha value is -2.00. The van der Waals surface area contributed by atoms with Crippen LogP contribution < -0.4 is 10.1 Å². The quantitative estimate of drug-likeness (QED) is 0.487. The van der Waals surface area contributed by atoms with E-state index in [-0.39, 0.29) is 0 Å². The highest BCUT2D eigenvalue weighted by molar-refractivity contribution is 6.35. The van der Waals surface area contributed by atoms with Gasteiger partial charge in [-0.05, 0) is 53.9 Å². The first-order valence-corrected chi connectivity index (χ1v) is 9.36. The molecular formula is C22H21Cl2NO. The first-order valence-electron chi connectivity index (χ1n) is 8.61. The van der Waals surface area contributed by atoms with E-state index in [1.165, 1.54) is 11.1 Å².